The first-order valence-corrected chi connectivity index (χ1v) is 6.83. The summed E-state index contributed by atoms with van der Waals surface area (Å²) < 4.78 is 5.64. The van der Waals surface area contributed by atoms with Crippen molar-refractivity contribution in [1.29, 1.82) is 0 Å². The molecule has 1 N–H and O–H groups in total. The zero-order valence-electron chi connectivity index (χ0n) is 11.2. The topological polar surface area (TPSA) is 24.5 Å². The third-order valence-corrected chi connectivity index (χ3v) is 3.36. The Kier molecular flexibility index (Phi) is 7.01. The summed E-state index contributed by atoms with van der Waals surface area (Å²) in [6.07, 6.45) is 3.64. The molecule has 0 spiro atoms. The van der Waals surface area contributed by atoms with Crippen molar-refractivity contribution in [2.75, 3.05) is 32.8 Å². The minimum Gasteiger partial charge on any atom is -0.380 e. The second-order valence-electron chi connectivity index (χ2n) is 4.83. The number of hydrogen-bond acceptors (Lipinski definition) is 3. The number of hydrogen-bond donors (Lipinski definition) is 1. The fourth-order valence-corrected chi connectivity index (χ4v) is 2.24. The number of unbranched alkanes of at least 4 members (excludes halogenated alkanes) is 1. The first-order chi connectivity index (χ1) is 7.77. The van der Waals surface area contributed by atoms with Gasteiger partial charge in [-0.25, -0.2) is 0 Å². The van der Waals surface area contributed by atoms with Crippen LogP contribution in [-0.2, 0) is 4.74 Å². The quantitative estimate of drug-likeness (QED) is 0.673. The van der Waals surface area contributed by atoms with Crippen molar-refractivity contribution in [1.82, 2.24) is 10.2 Å². The van der Waals surface area contributed by atoms with E-state index in [2.05, 4.69) is 31.0 Å². The molecule has 1 aliphatic heterocycles. The maximum Gasteiger partial charge on any atom is 0.0593 e. The summed E-state index contributed by atoms with van der Waals surface area (Å²) in [5, 5.41) is 3.54. The Hall–Kier alpha value is -0.120. The molecular formula is C13H28N2O. The van der Waals surface area contributed by atoms with E-state index in [1.54, 1.807) is 0 Å². The molecule has 16 heavy (non-hydrogen) atoms. The van der Waals surface area contributed by atoms with E-state index in [0.717, 1.165) is 32.8 Å². The molecule has 1 rings (SSSR count). The van der Waals surface area contributed by atoms with Gasteiger partial charge in [-0.3, -0.25) is 4.90 Å². The third-order valence-electron chi connectivity index (χ3n) is 3.36. The van der Waals surface area contributed by atoms with Crippen molar-refractivity contribution in [3.05, 3.63) is 0 Å². The molecule has 0 radical (unpaired) electrons. The largest absolute Gasteiger partial charge is 0.380 e. The van der Waals surface area contributed by atoms with Gasteiger partial charge >= 0.3 is 0 Å². The van der Waals surface area contributed by atoms with Gasteiger partial charge in [-0.2, -0.15) is 0 Å². The van der Waals surface area contributed by atoms with Crippen LogP contribution in [0.4, 0.5) is 0 Å². The van der Waals surface area contributed by atoms with Crippen LogP contribution < -0.4 is 5.32 Å². The molecule has 96 valence electrons. The van der Waals surface area contributed by atoms with Crippen LogP contribution in [0.15, 0.2) is 0 Å². The summed E-state index contributed by atoms with van der Waals surface area (Å²) in [5.74, 6) is 0. The number of piperazine rings is 1. The van der Waals surface area contributed by atoms with Gasteiger partial charge in [0, 0.05) is 38.3 Å². The van der Waals surface area contributed by atoms with Gasteiger partial charge in [0.05, 0.1) is 6.61 Å². The Morgan fingerprint density at radius 3 is 2.81 bits per heavy atom. The zero-order chi connectivity index (χ0) is 11.8. The highest BCUT2D eigenvalue weighted by molar-refractivity contribution is 4.82. The van der Waals surface area contributed by atoms with E-state index in [9.17, 15) is 0 Å². The number of rotatable bonds is 7. The van der Waals surface area contributed by atoms with Gasteiger partial charge in [0.25, 0.3) is 0 Å². The average molecular weight is 228 g/mol. The van der Waals surface area contributed by atoms with Gasteiger partial charge in [0.2, 0.25) is 0 Å². The normalized spacial score (nSPS) is 27.2. The van der Waals surface area contributed by atoms with Crippen molar-refractivity contribution in [3.63, 3.8) is 0 Å². The van der Waals surface area contributed by atoms with Crippen molar-refractivity contribution in [2.45, 2.75) is 52.1 Å². The lowest BCUT2D eigenvalue weighted by molar-refractivity contribution is 0.0651. The molecular weight excluding hydrogens is 200 g/mol. The second-order valence-corrected chi connectivity index (χ2v) is 4.83. The van der Waals surface area contributed by atoms with Crippen molar-refractivity contribution in [2.24, 2.45) is 0 Å². The Labute approximate surface area is 101 Å². The summed E-state index contributed by atoms with van der Waals surface area (Å²) >= 11 is 0. The molecule has 1 fully saturated rings. The van der Waals surface area contributed by atoms with E-state index in [0.29, 0.717) is 12.1 Å². The fourth-order valence-electron chi connectivity index (χ4n) is 2.24. The first kappa shape index (κ1) is 13.9. The molecule has 0 aromatic carbocycles. The zero-order valence-corrected chi connectivity index (χ0v) is 11.2. The Balaban J connectivity index is 2.16. The van der Waals surface area contributed by atoms with Gasteiger partial charge < -0.3 is 10.1 Å². The molecule has 0 aliphatic carbocycles. The minimum absolute atomic E-state index is 0.624. The molecule has 1 aliphatic rings. The van der Waals surface area contributed by atoms with Gasteiger partial charge in [-0.05, 0) is 19.8 Å². The van der Waals surface area contributed by atoms with E-state index in [1.807, 2.05) is 0 Å². The smallest absolute Gasteiger partial charge is 0.0593 e. The maximum atomic E-state index is 5.64. The fraction of sp³-hybridized carbons (Fsp3) is 1.00. The van der Waals surface area contributed by atoms with Crippen LogP contribution in [0.5, 0.6) is 0 Å². The molecule has 0 aromatic heterocycles. The van der Waals surface area contributed by atoms with Crippen LogP contribution in [-0.4, -0.2) is 49.8 Å². The van der Waals surface area contributed by atoms with Crippen LogP contribution in [0.3, 0.4) is 0 Å². The van der Waals surface area contributed by atoms with Crippen LogP contribution in [0.25, 0.3) is 0 Å². The van der Waals surface area contributed by atoms with Crippen LogP contribution in [0.1, 0.15) is 40.0 Å². The highest BCUT2D eigenvalue weighted by atomic mass is 16.5. The molecule has 0 saturated carbocycles. The lowest BCUT2D eigenvalue weighted by Gasteiger charge is -2.38. The predicted octanol–water partition coefficient (Wildman–Crippen LogP) is 1.88. The maximum absolute atomic E-state index is 5.64. The van der Waals surface area contributed by atoms with Gasteiger partial charge in [-0.15, -0.1) is 0 Å². The summed E-state index contributed by atoms with van der Waals surface area (Å²) in [6, 6.07) is 1.32. The Bertz CT molecular complexity index is 175. The summed E-state index contributed by atoms with van der Waals surface area (Å²) in [4.78, 5) is 2.58. The highest BCUT2D eigenvalue weighted by Crippen LogP contribution is 2.09. The van der Waals surface area contributed by atoms with E-state index in [1.165, 1.54) is 19.3 Å². The molecule has 3 nitrogen and oxygen atoms in total. The second kappa shape index (κ2) is 8.04. The van der Waals surface area contributed by atoms with Gasteiger partial charge in [0.1, 0.15) is 0 Å². The lowest BCUT2D eigenvalue weighted by Crippen LogP contribution is -2.55. The minimum atomic E-state index is 0.624. The van der Waals surface area contributed by atoms with Crippen molar-refractivity contribution in [3.8, 4) is 0 Å². The average Bonchev–Trinajstić information content (AvgIpc) is 2.29. The Morgan fingerprint density at radius 2 is 2.12 bits per heavy atom. The molecule has 0 aromatic rings. The summed E-state index contributed by atoms with van der Waals surface area (Å²) in [5.41, 5.74) is 0. The molecule has 1 saturated heterocycles. The Morgan fingerprint density at radius 1 is 1.31 bits per heavy atom. The highest BCUT2D eigenvalue weighted by Gasteiger charge is 2.23. The standard InChI is InChI=1S/C13H28N2O/c1-4-6-8-16-9-7-15-11-12(3)14-10-13(15)5-2/h12-14H,4-11H2,1-3H3. The molecule has 0 bridgehead atoms. The van der Waals surface area contributed by atoms with E-state index in [-0.39, 0.29) is 0 Å². The van der Waals surface area contributed by atoms with Gasteiger partial charge in [-0.1, -0.05) is 20.3 Å². The van der Waals surface area contributed by atoms with E-state index < -0.39 is 0 Å². The molecule has 2 unspecified atom stereocenters. The molecule has 3 heteroatoms. The lowest BCUT2D eigenvalue weighted by atomic mass is 10.1. The van der Waals surface area contributed by atoms with Crippen LogP contribution >= 0.6 is 0 Å². The number of ether oxygens (including phenoxy) is 1. The SMILES string of the molecule is CCCCOCCN1CC(C)NCC1CC. The van der Waals surface area contributed by atoms with E-state index >= 15 is 0 Å². The molecule has 1 heterocycles. The summed E-state index contributed by atoms with van der Waals surface area (Å²) in [7, 11) is 0. The van der Waals surface area contributed by atoms with Crippen LogP contribution in [0.2, 0.25) is 0 Å². The molecule has 0 amide bonds. The molecule has 2 atom stereocenters. The third kappa shape index (κ3) is 4.81. The van der Waals surface area contributed by atoms with Crippen molar-refractivity contribution >= 4 is 0 Å². The van der Waals surface area contributed by atoms with Gasteiger partial charge in [0.15, 0.2) is 0 Å². The van der Waals surface area contributed by atoms with Crippen molar-refractivity contribution < 1.29 is 4.74 Å². The summed E-state index contributed by atoms with van der Waals surface area (Å²) in [6.45, 7) is 11.9. The number of nitrogens with zero attached hydrogens (tertiary/aromatic N) is 1. The van der Waals surface area contributed by atoms with E-state index in [4.69, 9.17) is 4.74 Å². The first-order valence-electron chi connectivity index (χ1n) is 6.83. The monoisotopic (exact) mass is 228 g/mol. The number of nitrogens with one attached hydrogen (secondary N) is 1. The van der Waals surface area contributed by atoms with Crippen LogP contribution in [0, 0.1) is 0 Å². The predicted molar refractivity (Wildman–Crippen MR) is 68.8 cm³/mol.